The largest absolute Gasteiger partial charge is 0.376 e. The van der Waals surface area contributed by atoms with Gasteiger partial charge in [-0.05, 0) is 25.0 Å². The van der Waals surface area contributed by atoms with E-state index in [1.807, 2.05) is 35.0 Å². The summed E-state index contributed by atoms with van der Waals surface area (Å²) in [6.07, 6.45) is 7.30. The van der Waals surface area contributed by atoms with Crippen LogP contribution in [-0.2, 0) is 11.2 Å². The highest BCUT2D eigenvalue weighted by Gasteiger charge is 2.14. The lowest BCUT2D eigenvalue weighted by Gasteiger charge is -2.07. The topological polar surface area (TPSA) is 76.9 Å². The van der Waals surface area contributed by atoms with E-state index in [-0.39, 0.29) is 6.10 Å². The number of nitrogens with one attached hydrogen (secondary N) is 1. The number of rotatable bonds is 5. The van der Waals surface area contributed by atoms with E-state index in [1.54, 1.807) is 0 Å². The SMILES string of the molecule is NC(=NCC1CCCO1)NCCc1cn2ccccc2n1. The fraction of sp³-hybridized carbons (Fsp3) is 0.467. The molecule has 2 aromatic rings. The van der Waals surface area contributed by atoms with E-state index in [4.69, 9.17) is 10.5 Å². The van der Waals surface area contributed by atoms with Crippen LogP contribution in [0.2, 0.25) is 0 Å². The molecule has 0 radical (unpaired) electrons. The summed E-state index contributed by atoms with van der Waals surface area (Å²) in [6, 6.07) is 5.97. The molecule has 6 heteroatoms. The lowest BCUT2D eigenvalue weighted by atomic mass is 10.2. The Morgan fingerprint density at radius 3 is 3.29 bits per heavy atom. The van der Waals surface area contributed by atoms with Gasteiger partial charge in [0.05, 0.1) is 18.3 Å². The fourth-order valence-electron chi connectivity index (χ4n) is 2.47. The van der Waals surface area contributed by atoms with Crippen molar-refractivity contribution in [3.63, 3.8) is 0 Å². The standard InChI is InChI=1S/C15H21N5O/c16-15(18-10-13-4-3-9-21-13)17-7-6-12-11-20-8-2-1-5-14(20)19-12/h1-2,5,8,11,13H,3-4,6-7,9-10H2,(H3,16,17,18). The fourth-order valence-corrected chi connectivity index (χ4v) is 2.47. The van der Waals surface area contributed by atoms with E-state index in [9.17, 15) is 0 Å². The molecule has 1 aliphatic heterocycles. The summed E-state index contributed by atoms with van der Waals surface area (Å²) in [6.45, 7) is 2.22. The third-order valence-electron chi connectivity index (χ3n) is 3.59. The van der Waals surface area contributed by atoms with Crippen LogP contribution in [0.4, 0.5) is 0 Å². The van der Waals surface area contributed by atoms with Crippen molar-refractivity contribution in [2.45, 2.75) is 25.4 Å². The first-order valence-electron chi connectivity index (χ1n) is 7.39. The highest BCUT2D eigenvalue weighted by atomic mass is 16.5. The van der Waals surface area contributed by atoms with Gasteiger partial charge in [-0.1, -0.05) is 6.07 Å². The van der Waals surface area contributed by atoms with E-state index < -0.39 is 0 Å². The number of nitrogens with two attached hydrogens (primary N) is 1. The maximum absolute atomic E-state index is 5.85. The molecule has 6 nitrogen and oxygen atoms in total. The molecular formula is C15H21N5O. The van der Waals surface area contributed by atoms with Crippen molar-refractivity contribution in [2.24, 2.45) is 10.7 Å². The Bertz CT molecular complexity index is 582. The van der Waals surface area contributed by atoms with Crippen LogP contribution in [0, 0.1) is 0 Å². The summed E-state index contributed by atoms with van der Waals surface area (Å²) in [5.41, 5.74) is 7.86. The van der Waals surface area contributed by atoms with Gasteiger partial charge in [-0.15, -0.1) is 0 Å². The molecule has 0 aromatic carbocycles. The van der Waals surface area contributed by atoms with Crippen molar-refractivity contribution in [3.05, 3.63) is 36.3 Å². The molecule has 0 spiro atoms. The quantitative estimate of drug-likeness (QED) is 0.634. The van der Waals surface area contributed by atoms with E-state index in [2.05, 4.69) is 15.3 Å². The van der Waals surface area contributed by atoms with Gasteiger partial charge in [-0.3, -0.25) is 4.99 Å². The number of aliphatic imine (C=N–C) groups is 1. The zero-order valence-electron chi connectivity index (χ0n) is 12.0. The predicted molar refractivity (Wildman–Crippen MR) is 82.4 cm³/mol. The zero-order chi connectivity index (χ0) is 14.5. The van der Waals surface area contributed by atoms with Gasteiger partial charge < -0.3 is 20.2 Å². The number of guanidine groups is 1. The van der Waals surface area contributed by atoms with Crippen molar-refractivity contribution >= 4 is 11.6 Å². The maximum atomic E-state index is 5.85. The Morgan fingerprint density at radius 1 is 1.52 bits per heavy atom. The van der Waals surface area contributed by atoms with Crippen molar-refractivity contribution in [1.29, 1.82) is 0 Å². The van der Waals surface area contributed by atoms with Crippen LogP contribution in [0.15, 0.2) is 35.6 Å². The van der Waals surface area contributed by atoms with Crippen LogP contribution >= 0.6 is 0 Å². The number of pyridine rings is 1. The molecule has 0 aliphatic carbocycles. The summed E-state index contributed by atoms with van der Waals surface area (Å²) < 4.78 is 7.53. The van der Waals surface area contributed by atoms with E-state index in [0.717, 1.165) is 43.8 Å². The van der Waals surface area contributed by atoms with Crippen LogP contribution in [0.3, 0.4) is 0 Å². The zero-order valence-corrected chi connectivity index (χ0v) is 12.0. The van der Waals surface area contributed by atoms with Gasteiger partial charge in [0.1, 0.15) is 5.65 Å². The summed E-state index contributed by atoms with van der Waals surface area (Å²) in [4.78, 5) is 8.85. The number of hydrogen-bond acceptors (Lipinski definition) is 3. The minimum atomic E-state index is 0.240. The first-order chi connectivity index (χ1) is 10.3. The molecule has 1 unspecified atom stereocenters. The number of fused-ring (bicyclic) bond motifs is 1. The smallest absolute Gasteiger partial charge is 0.188 e. The second-order valence-electron chi connectivity index (χ2n) is 5.24. The van der Waals surface area contributed by atoms with Crippen LogP contribution in [0.1, 0.15) is 18.5 Å². The van der Waals surface area contributed by atoms with Crippen molar-refractivity contribution in [3.8, 4) is 0 Å². The normalized spacial score (nSPS) is 19.2. The molecule has 1 atom stereocenters. The first-order valence-corrected chi connectivity index (χ1v) is 7.39. The molecule has 3 N–H and O–H groups in total. The molecule has 2 aromatic heterocycles. The van der Waals surface area contributed by atoms with E-state index in [0.29, 0.717) is 12.5 Å². The minimum Gasteiger partial charge on any atom is -0.376 e. The minimum absolute atomic E-state index is 0.240. The van der Waals surface area contributed by atoms with Crippen molar-refractivity contribution < 1.29 is 4.74 Å². The van der Waals surface area contributed by atoms with Crippen LogP contribution in [0.5, 0.6) is 0 Å². The van der Waals surface area contributed by atoms with Gasteiger partial charge in [0.25, 0.3) is 0 Å². The molecule has 1 aliphatic rings. The maximum Gasteiger partial charge on any atom is 0.188 e. The van der Waals surface area contributed by atoms with Gasteiger partial charge in [0.15, 0.2) is 5.96 Å². The summed E-state index contributed by atoms with van der Waals surface area (Å²) in [5.74, 6) is 0.481. The van der Waals surface area contributed by atoms with Crippen LogP contribution in [0.25, 0.3) is 5.65 Å². The van der Waals surface area contributed by atoms with Gasteiger partial charge in [-0.2, -0.15) is 0 Å². The predicted octanol–water partition coefficient (Wildman–Crippen LogP) is 0.960. The molecule has 0 bridgehead atoms. The Balaban J connectivity index is 1.45. The van der Waals surface area contributed by atoms with E-state index >= 15 is 0 Å². The average molecular weight is 287 g/mol. The molecule has 3 heterocycles. The van der Waals surface area contributed by atoms with Gasteiger partial charge >= 0.3 is 0 Å². The van der Waals surface area contributed by atoms with Crippen molar-refractivity contribution in [2.75, 3.05) is 19.7 Å². The average Bonchev–Trinajstić information content (AvgIpc) is 3.14. The van der Waals surface area contributed by atoms with Crippen LogP contribution in [-0.4, -0.2) is 41.1 Å². The van der Waals surface area contributed by atoms with Gasteiger partial charge in [-0.25, -0.2) is 4.98 Å². The number of ether oxygens (including phenoxy) is 1. The van der Waals surface area contributed by atoms with Crippen LogP contribution < -0.4 is 11.1 Å². The summed E-state index contributed by atoms with van der Waals surface area (Å²) in [7, 11) is 0. The Morgan fingerprint density at radius 2 is 2.48 bits per heavy atom. The first kappa shape index (κ1) is 13.9. The molecule has 112 valence electrons. The lowest BCUT2D eigenvalue weighted by Crippen LogP contribution is -2.34. The van der Waals surface area contributed by atoms with E-state index in [1.165, 1.54) is 0 Å². The van der Waals surface area contributed by atoms with Gasteiger partial charge in [0.2, 0.25) is 0 Å². The highest BCUT2D eigenvalue weighted by molar-refractivity contribution is 5.77. The molecule has 3 rings (SSSR count). The second-order valence-corrected chi connectivity index (χ2v) is 5.24. The Kier molecular flexibility index (Phi) is 4.35. The molecule has 1 saturated heterocycles. The molecule has 0 saturated carbocycles. The third kappa shape index (κ3) is 3.72. The van der Waals surface area contributed by atoms with Crippen molar-refractivity contribution in [1.82, 2.24) is 14.7 Å². The highest BCUT2D eigenvalue weighted by Crippen LogP contribution is 2.11. The molecule has 21 heavy (non-hydrogen) atoms. The summed E-state index contributed by atoms with van der Waals surface area (Å²) >= 11 is 0. The summed E-state index contributed by atoms with van der Waals surface area (Å²) in [5, 5.41) is 3.12. The molecule has 1 fully saturated rings. The monoisotopic (exact) mass is 287 g/mol. The third-order valence-corrected chi connectivity index (χ3v) is 3.59. The van der Waals surface area contributed by atoms with Gasteiger partial charge in [0, 0.05) is 32.0 Å². The molecular weight excluding hydrogens is 266 g/mol. The number of hydrogen-bond donors (Lipinski definition) is 2. The Labute approximate surface area is 124 Å². The Hall–Kier alpha value is -2.08. The number of aromatic nitrogens is 2. The number of imidazole rings is 1. The number of nitrogens with zero attached hydrogens (tertiary/aromatic N) is 3. The lowest BCUT2D eigenvalue weighted by molar-refractivity contribution is 0.118. The molecule has 0 amide bonds. The second kappa shape index (κ2) is 6.58.